The number of methoxy groups -OCH3 is 1. The van der Waals surface area contributed by atoms with E-state index in [9.17, 15) is 36.3 Å². The summed E-state index contributed by atoms with van der Waals surface area (Å²) in [5.74, 6) is -7.14. The molecule has 4 fully saturated rings. The van der Waals surface area contributed by atoms with Crippen LogP contribution in [0.1, 0.15) is 81.3 Å². The topological polar surface area (TPSA) is 106 Å². The van der Waals surface area contributed by atoms with E-state index in [0.29, 0.717) is 30.4 Å². The molecule has 0 aromatic heterocycles. The number of nitrogens with one attached hydrogen (secondary N) is 2. The zero-order chi connectivity index (χ0) is 34.5. The number of hydrogen-bond acceptors (Lipinski definition) is 6. The van der Waals surface area contributed by atoms with E-state index in [4.69, 9.17) is 14.2 Å². The van der Waals surface area contributed by atoms with Gasteiger partial charge in [0.2, 0.25) is 5.82 Å². The van der Waals surface area contributed by atoms with Crippen LogP contribution in [0.3, 0.4) is 0 Å². The first kappa shape index (κ1) is 33.0. The molecule has 9 nitrogen and oxygen atoms in total. The summed E-state index contributed by atoms with van der Waals surface area (Å²) in [6, 6.07) is 6.46. The van der Waals surface area contributed by atoms with E-state index in [0.717, 1.165) is 26.2 Å². The number of benzene rings is 2. The van der Waals surface area contributed by atoms with Crippen LogP contribution in [0.25, 0.3) is 0 Å². The van der Waals surface area contributed by atoms with E-state index >= 15 is 0 Å². The van der Waals surface area contributed by atoms with Crippen molar-refractivity contribution in [2.24, 2.45) is 5.92 Å². The molecular weight excluding hydrogens is 629 g/mol. The van der Waals surface area contributed by atoms with Crippen molar-refractivity contribution in [3.63, 3.8) is 0 Å². The lowest BCUT2D eigenvalue weighted by molar-refractivity contribution is -0.272. The number of halogens is 5. The van der Waals surface area contributed by atoms with Gasteiger partial charge < -0.3 is 29.7 Å². The summed E-state index contributed by atoms with van der Waals surface area (Å²) < 4.78 is 87.4. The largest absolute Gasteiger partial charge is 0.493 e. The molecule has 0 unspecified atom stereocenters. The van der Waals surface area contributed by atoms with Crippen LogP contribution in [0, 0.1) is 17.6 Å². The molecule has 254 valence electrons. The standard InChI is InChI=1S/C33H36F5N3O6/c1-16-22(20-9-10-21(34)23(35)24(20)45-6)25(46-30(16,5)33(36,37)38)26(42)39-18-7-8-19-17(11-18)12-41(27(19)43)32-13-31(14-32,15-32)40-28(44)47-29(2,3)4/h7-11,16,22,25H,12-15H2,1-6H3,(H,39,42)(H,40,44)/t16-,22-,25+,30+,31?,32?/m0/s1. The molecule has 7 rings (SSSR count). The van der Waals surface area contributed by atoms with Crippen molar-refractivity contribution in [2.75, 3.05) is 12.4 Å². The lowest BCUT2D eigenvalue weighted by atomic mass is 9.43. The summed E-state index contributed by atoms with van der Waals surface area (Å²) in [7, 11) is 1.05. The summed E-state index contributed by atoms with van der Waals surface area (Å²) in [4.78, 5) is 41.0. The van der Waals surface area contributed by atoms with Crippen LogP contribution in [-0.2, 0) is 20.8 Å². The number of carbonyl (C=O) groups excluding carboxylic acids is 3. The number of alkyl carbamates (subject to hydrolysis) is 1. The van der Waals surface area contributed by atoms with E-state index < -0.39 is 75.8 Å². The smallest absolute Gasteiger partial charge is 0.417 e. The highest BCUT2D eigenvalue weighted by Gasteiger charge is 2.73. The Kier molecular flexibility index (Phi) is 7.39. The lowest BCUT2D eigenvalue weighted by Gasteiger charge is -2.72. The zero-order valence-corrected chi connectivity index (χ0v) is 26.7. The molecular formula is C33H36F5N3O6. The van der Waals surface area contributed by atoms with Crippen LogP contribution in [0.2, 0.25) is 0 Å². The molecule has 0 spiro atoms. The average molecular weight is 666 g/mol. The second-order valence-electron chi connectivity index (χ2n) is 14.4. The highest BCUT2D eigenvalue weighted by molar-refractivity contribution is 6.01. The second kappa shape index (κ2) is 10.5. The number of anilines is 1. The Hall–Kier alpha value is -3.94. The first-order valence-electron chi connectivity index (χ1n) is 15.3. The maximum atomic E-state index is 14.7. The number of rotatable bonds is 6. The Morgan fingerprint density at radius 3 is 2.32 bits per heavy atom. The zero-order valence-electron chi connectivity index (χ0n) is 26.7. The molecule has 3 amide bonds. The molecule has 2 aliphatic heterocycles. The molecule has 4 atom stereocenters. The predicted molar refractivity (Wildman–Crippen MR) is 158 cm³/mol. The van der Waals surface area contributed by atoms with E-state index in [1.807, 2.05) is 0 Å². The molecule has 2 aromatic rings. The number of nitrogens with zero attached hydrogens (tertiary/aromatic N) is 1. The second-order valence-corrected chi connectivity index (χ2v) is 14.4. The van der Waals surface area contributed by atoms with Gasteiger partial charge in [-0.2, -0.15) is 17.6 Å². The average Bonchev–Trinajstić information content (AvgIpc) is 3.39. The summed E-state index contributed by atoms with van der Waals surface area (Å²) in [5, 5.41) is 5.54. The van der Waals surface area contributed by atoms with Crippen LogP contribution in [0.4, 0.5) is 32.4 Å². The number of carbonyl (C=O) groups is 3. The highest BCUT2D eigenvalue weighted by Crippen LogP contribution is 2.65. The summed E-state index contributed by atoms with van der Waals surface area (Å²) in [5.41, 5.74) is -3.14. The molecule has 2 aromatic carbocycles. The summed E-state index contributed by atoms with van der Waals surface area (Å²) >= 11 is 0. The van der Waals surface area contributed by atoms with E-state index in [1.54, 1.807) is 37.8 Å². The number of fused-ring (bicyclic) bond motifs is 1. The minimum atomic E-state index is -4.90. The SMILES string of the molecule is COc1c([C@H]2[C@H](C(=O)Nc3ccc4c(c3)CN(C35CC(NC(=O)OC(C)(C)C)(C3)C5)C4=O)O[C@@](C)(C(F)(F)F)[C@H]2C)ccc(F)c1F. The quantitative estimate of drug-likeness (QED) is 0.356. The lowest BCUT2D eigenvalue weighted by Crippen LogP contribution is -2.83. The number of hydrogen-bond donors (Lipinski definition) is 2. The molecule has 1 saturated heterocycles. The molecule has 47 heavy (non-hydrogen) atoms. The van der Waals surface area contributed by atoms with Gasteiger partial charge in [-0.15, -0.1) is 0 Å². The van der Waals surface area contributed by atoms with E-state index in [2.05, 4.69) is 10.6 Å². The first-order valence-corrected chi connectivity index (χ1v) is 15.3. The van der Waals surface area contributed by atoms with Crippen molar-refractivity contribution in [1.82, 2.24) is 10.2 Å². The first-order chi connectivity index (χ1) is 21.7. The van der Waals surface area contributed by atoms with Crippen LogP contribution < -0.4 is 15.4 Å². The Balaban J connectivity index is 1.19. The Labute approximate surface area is 268 Å². The fourth-order valence-corrected chi connectivity index (χ4v) is 7.71. The normalized spacial score (nSPS) is 31.1. The Morgan fingerprint density at radius 1 is 1.06 bits per heavy atom. The van der Waals surface area contributed by atoms with Gasteiger partial charge in [0.1, 0.15) is 11.7 Å². The van der Waals surface area contributed by atoms with Crippen molar-refractivity contribution in [1.29, 1.82) is 0 Å². The molecule has 2 N–H and O–H groups in total. The van der Waals surface area contributed by atoms with E-state index in [-0.39, 0.29) is 23.7 Å². The third-order valence-corrected chi connectivity index (χ3v) is 10.1. The molecule has 5 aliphatic rings. The predicted octanol–water partition coefficient (Wildman–Crippen LogP) is 6.21. The van der Waals surface area contributed by atoms with Crippen LogP contribution in [-0.4, -0.2) is 64.5 Å². The van der Waals surface area contributed by atoms with Gasteiger partial charge in [0, 0.05) is 35.2 Å². The van der Waals surface area contributed by atoms with Crippen molar-refractivity contribution in [2.45, 2.75) is 101 Å². The number of ether oxygens (including phenoxy) is 3. The van der Waals surface area contributed by atoms with Gasteiger partial charge in [-0.25, -0.2) is 9.18 Å². The fraction of sp³-hybridized carbons (Fsp3) is 0.545. The van der Waals surface area contributed by atoms with Gasteiger partial charge in [-0.3, -0.25) is 9.59 Å². The van der Waals surface area contributed by atoms with Gasteiger partial charge in [0.25, 0.3) is 11.8 Å². The number of amides is 3. The van der Waals surface area contributed by atoms with Gasteiger partial charge in [-0.1, -0.05) is 13.0 Å². The summed E-state index contributed by atoms with van der Waals surface area (Å²) in [6.07, 6.45) is -5.43. The fourth-order valence-electron chi connectivity index (χ4n) is 7.71. The highest BCUT2D eigenvalue weighted by atomic mass is 19.4. The van der Waals surface area contributed by atoms with Gasteiger partial charge >= 0.3 is 12.3 Å². The molecule has 14 heteroatoms. The molecule has 3 saturated carbocycles. The van der Waals surface area contributed by atoms with Crippen LogP contribution >= 0.6 is 0 Å². The minimum Gasteiger partial charge on any atom is -0.493 e. The van der Waals surface area contributed by atoms with Crippen molar-refractivity contribution >= 4 is 23.6 Å². The third-order valence-electron chi connectivity index (χ3n) is 10.1. The minimum absolute atomic E-state index is 0.139. The molecule has 3 aliphatic carbocycles. The van der Waals surface area contributed by atoms with Gasteiger partial charge in [0.15, 0.2) is 17.2 Å². The molecule has 2 heterocycles. The van der Waals surface area contributed by atoms with Gasteiger partial charge in [-0.05, 0) is 76.8 Å². The Bertz CT molecular complexity index is 1650. The monoisotopic (exact) mass is 665 g/mol. The molecule has 0 radical (unpaired) electrons. The third kappa shape index (κ3) is 5.19. The van der Waals surface area contributed by atoms with Crippen molar-refractivity contribution < 1.29 is 50.5 Å². The molecule has 2 bridgehead atoms. The van der Waals surface area contributed by atoms with Crippen LogP contribution in [0.15, 0.2) is 30.3 Å². The maximum Gasteiger partial charge on any atom is 0.417 e. The van der Waals surface area contributed by atoms with Crippen molar-refractivity contribution in [3.05, 3.63) is 58.7 Å². The number of alkyl halides is 3. The van der Waals surface area contributed by atoms with Crippen molar-refractivity contribution in [3.8, 4) is 5.75 Å². The van der Waals surface area contributed by atoms with E-state index in [1.165, 1.54) is 13.0 Å². The van der Waals surface area contributed by atoms with Gasteiger partial charge in [0.05, 0.1) is 18.2 Å². The Morgan fingerprint density at radius 2 is 1.72 bits per heavy atom. The van der Waals surface area contributed by atoms with Crippen LogP contribution in [0.5, 0.6) is 5.75 Å². The summed E-state index contributed by atoms with van der Waals surface area (Å²) in [6.45, 7) is 7.62. The maximum absolute atomic E-state index is 14.7.